The van der Waals surface area contributed by atoms with E-state index in [0.29, 0.717) is 5.69 Å². The van der Waals surface area contributed by atoms with Crippen molar-refractivity contribution in [3.05, 3.63) is 18.0 Å². The van der Waals surface area contributed by atoms with Crippen molar-refractivity contribution in [2.75, 3.05) is 5.75 Å². The van der Waals surface area contributed by atoms with Gasteiger partial charge in [0.25, 0.3) is 0 Å². The fourth-order valence-electron chi connectivity index (χ4n) is 1.07. The van der Waals surface area contributed by atoms with Crippen LogP contribution in [0.1, 0.15) is 5.69 Å². The van der Waals surface area contributed by atoms with Gasteiger partial charge in [-0.15, -0.1) is 0 Å². The fourth-order valence-corrected chi connectivity index (χ4v) is 2.09. The van der Waals surface area contributed by atoms with Crippen LogP contribution >= 0.6 is 11.8 Å². The zero-order valence-electron chi connectivity index (χ0n) is 9.35. The largest absolute Gasteiger partial charge is 0.409 e. The maximum Gasteiger partial charge on any atom is 0.399 e. The first-order valence-corrected chi connectivity index (χ1v) is 5.79. The molecule has 18 heavy (non-hydrogen) atoms. The molecular formula is C9H11F3N4OS. The number of aromatic nitrogens is 2. The Morgan fingerprint density at radius 2 is 2.28 bits per heavy atom. The summed E-state index contributed by atoms with van der Waals surface area (Å²) < 4.78 is 37.8. The third kappa shape index (κ3) is 4.06. The van der Waals surface area contributed by atoms with Gasteiger partial charge in [-0.25, -0.2) is 9.97 Å². The van der Waals surface area contributed by atoms with E-state index in [0.717, 1.165) is 11.8 Å². The molecule has 1 heterocycles. The Morgan fingerprint density at radius 3 is 2.78 bits per heavy atom. The number of nitrogens with two attached hydrogens (primary N) is 1. The van der Waals surface area contributed by atoms with Gasteiger partial charge in [0.15, 0.2) is 11.0 Å². The smallest absolute Gasteiger partial charge is 0.399 e. The Morgan fingerprint density at radius 1 is 1.61 bits per heavy atom. The van der Waals surface area contributed by atoms with Crippen LogP contribution < -0.4 is 5.73 Å². The van der Waals surface area contributed by atoms with Crippen molar-refractivity contribution < 1.29 is 18.4 Å². The standard InChI is InChI=1S/C9H11F3N4OS/c1-5-2-3-14-8(15-5)18-4-6(7(13)16-17)9(10,11)12/h2-3,6,17H,4H2,1H3,(H2,13,16). The predicted molar refractivity (Wildman–Crippen MR) is 60.4 cm³/mol. The molecule has 0 aliphatic carbocycles. The third-order valence-corrected chi connectivity index (χ3v) is 2.97. The van der Waals surface area contributed by atoms with E-state index in [1.165, 1.54) is 6.20 Å². The number of hydrogen-bond donors (Lipinski definition) is 2. The number of oxime groups is 1. The molecule has 3 N–H and O–H groups in total. The molecule has 0 aliphatic rings. The molecule has 100 valence electrons. The second-order valence-electron chi connectivity index (χ2n) is 3.41. The number of rotatable bonds is 4. The van der Waals surface area contributed by atoms with Gasteiger partial charge in [0.2, 0.25) is 0 Å². The van der Waals surface area contributed by atoms with Gasteiger partial charge in [0.1, 0.15) is 5.92 Å². The molecule has 0 aliphatic heterocycles. The summed E-state index contributed by atoms with van der Waals surface area (Å²) in [6, 6.07) is 1.63. The molecular weight excluding hydrogens is 269 g/mol. The topological polar surface area (TPSA) is 84.4 Å². The molecule has 1 aromatic heterocycles. The van der Waals surface area contributed by atoms with Crippen molar-refractivity contribution >= 4 is 17.6 Å². The van der Waals surface area contributed by atoms with Crippen molar-refractivity contribution in [3.8, 4) is 0 Å². The van der Waals surface area contributed by atoms with Crippen LogP contribution in [0.25, 0.3) is 0 Å². The molecule has 0 radical (unpaired) electrons. The van der Waals surface area contributed by atoms with Gasteiger partial charge in [-0.3, -0.25) is 0 Å². The van der Waals surface area contributed by atoms with E-state index < -0.39 is 23.7 Å². The molecule has 0 saturated carbocycles. The number of alkyl halides is 3. The lowest BCUT2D eigenvalue weighted by Crippen LogP contribution is -2.37. The minimum absolute atomic E-state index is 0.218. The van der Waals surface area contributed by atoms with Crippen molar-refractivity contribution in [3.63, 3.8) is 0 Å². The summed E-state index contributed by atoms with van der Waals surface area (Å²) in [4.78, 5) is 7.77. The van der Waals surface area contributed by atoms with Crippen molar-refractivity contribution in [1.82, 2.24) is 9.97 Å². The van der Waals surface area contributed by atoms with Gasteiger partial charge in [0.05, 0.1) is 0 Å². The molecule has 1 aromatic rings. The lowest BCUT2D eigenvalue weighted by atomic mass is 10.1. The Labute approximate surface area is 105 Å². The van der Waals surface area contributed by atoms with Crippen LogP contribution in [0, 0.1) is 12.8 Å². The summed E-state index contributed by atoms with van der Waals surface area (Å²) in [5.41, 5.74) is 5.68. The second-order valence-corrected chi connectivity index (χ2v) is 4.40. The van der Waals surface area contributed by atoms with E-state index >= 15 is 0 Å². The molecule has 0 amide bonds. The molecule has 9 heteroatoms. The minimum Gasteiger partial charge on any atom is -0.409 e. The zero-order valence-corrected chi connectivity index (χ0v) is 10.2. The number of nitrogens with zero attached hydrogens (tertiary/aromatic N) is 3. The molecule has 0 fully saturated rings. The summed E-state index contributed by atoms with van der Waals surface area (Å²) in [6.45, 7) is 1.70. The Hall–Kier alpha value is -1.51. The average molecular weight is 280 g/mol. The monoisotopic (exact) mass is 280 g/mol. The van der Waals surface area contributed by atoms with Gasteiger partial charge in [0, 0.05) is 17.6 Å². The maximum absolute atomic E-state index is 12.6. The van der Waals surface area contributed by atoms with Gasteiger partial charge >= 0.3 is 6.18 Å². The van der Waals surface area contributed by atoms with Gasteiger partial charge in [-0.2, -0.15) is 13.2 Å². The number of hydrogen-bond acceptors (Lipinski definition) is 5. The van der Waals surface area contributed by atoms with Gasteiger partial charge < -0.3 is 10.9 Å². The minimum atomic E-state index is -4.58. The molecule has 1 rings (SSSR count). The average Bonchev–Trinajstić information content (AvgIpc) is 2.27. The first-order valence-electron chi connectivity index (χ1n) is 4.81. The lowest BCUT2D eigenvalue weighted by Gasteiger charge is -2.17. The molecule has 0 bridgehead atoms. The summed E-state index contributed by atoms with van der Waals surface area (Å²) in [5.74, 6) is -3.35. The van der Waals surface area contributed by atoms with E-state index in [1.807, 2.05) is 0 Å². The van der Waals surface area contributed by atoms with Crippen molar-refractivity contribution in [1.29, 1.82) is 0 Å². The number of aryl methyl sites for hydroxylation is 1. The third-order valence-electron chi connectivity index (χ3n) is 2.02. The molecule has 0 spiro atoms. The lowest BCUT2D eigenvalue weighted by molar-refractivity contribution is -0.150. The molecule has 1 unspecified atom stereocenters. The predicted octanol–water partition coefficient (Wildman–Crippen LogP) is 1.80. The fraction of sp³-hybridized carbons (Fsp3) is 0.444. The maximum atomic E-state index is 12.6. The zero-order chi connectivity index (χ0) is 13.8. The van der Waals surface area contributed by atoms with Crippen LogP contribution in [0.15, 0.2) is 22.6 Å². The number of amidine groups is 1. The summed E-state index contributed by atoms with van der Waals surface area (Å²) in [6.07, 6.45) is -3.12. The summed E-state index contributed by atoms with van der Waals surface area (Å²) >= 11 is 0.799. The van der Waals surface area contributed by atoms with E-state index in [4.69, 9.17) is 10.9 Å². The molecule has 0 aromatic carbocycles. The normalized spacial score (nSPS) is 14.6. The first kappa shape index (κ1) is 14.6. The highest BCUT2D eigenvalue weighted by molar-refractivity contribution is 7.99. The van der Waals surface area contributed by atoms with E-state index in [2.05, 4.69) is 15.1 Å². The Kier molecular flexibility index (Phi) is 4.76. The quantitative estimate of drug-likeness (QED) is 0.219. The number of halogens is 3. The van der Waals surface area contributed by atoms with E-state index in [1.54, 1.807) is 13.0 Å². The highest BCUT2D eigenvalue weighted by Crippen LogP contribution is 2.30. The molecule has 0 saturated heterocycles. The van der Waals surface area contributed by atoms with Gasteiger partial charge in [-0.05, 0) is 13.0 Å². The van der Waals surface area contributed by atoms with Crippen LogP contribution in [0.2, 0.25) is 0 Å². The second kappa shape index (κ2) is 5.89. The Bertz CT molecular complexity index is 438. The van der Waals surface area contributed by atoms with Crippen molar-refractivity contribution in [2.24, 2.45) is 16.8 Å². The number of thioether (sulfide) groups is 1. The SMILES string of the molecule is Cc1ccnc(SCC(/C(N)=N/O)C(F)(F)F)n1. The van der Waals surface area contributed by atoms with Crippen LogP contribution in [0.3, 0.4) is 0 Å². The Balaban J connectivity index is 2.75. The van der Waals surface area contributed by atoms with E-state index in [-0.39, 0.29) is 5.16 Å². The van der Waals surface area contributed by atoms with Crippen LogP contribution in [0.5, 0.6) is 0 Å². The highest BCUT2D eigenvalue weighted by Gasteiger charge is 2.42. The van der Waals surface area contributed by atoms with Crippen LogP contribution in [-0.2, 0) is 0 Å². The first-order chi connectivity index (χ1) is 8.34. The van der Waals surface area contributed by atoms with Crippen LogP contribution in [-0.4, -0.2) is 32.9 Å². The summed E-state index contributed by atoms with van der Waals surface area (Å²) in [5, 5.41) is 11.0. The summed E-state index contributed by atoms with van der Waals surface area (Å²) in [7, 11) is 0. The molecule has 1 atom stereocenters. The van der Waals surface area contributed by atoms with Gasteiger partial charge in [-0.1, -0.05) is 16.9 Å². The molecule has 5 nitrogen and oxygen atoms in total. The van der Waals surface area contributed by atoms with Crippen LogP contribution in [0.4, 0.5) is 13.2 Å². The van der Waals surface area contributed by atoms with E-state index in [9.17, 15) is 13.2 Å². The van der Waals surface area contributed by atoms with Crippen molar-refractivity contribution in [2.45, 2.75) is 18.3 Å². The highest BCUT2D eigenvalue weighted by atomic mass is 32.2.